The molecule has 1 heterocycles. The van der Waals surface area contributed by atoms with Crippen LogP contribution < -0.4 is 0 Å². The molecule has 0 amide bonds. The summed E-state index contributed by atoms with van der Waals surface area (Å²) in [6.45, 7) is 0. The van der Waals surface area contributed by atoms with Crippen LogP contribution in [0.25, 0.3) is 0 Å². The third kappa shape index (κ3) is 2.08. The molecule has 0 aliphatic carbocycles. The number of hydrogen-bond acceptors (Lipinski definition) is 2. The number of nitrogens with zero attached hydrogens (tertiary/aromatic N) is 2. The van der Waals surface area contributed by atoms with E-state index in [1.807, 2.05) is 0 Å². The molecule has 0 radical (unpaired) electrons. The molecule has 1 rings (SSSR count). The maximum atomic E-state index is 5.59. The first-order valence-electron chi connectivity index (χ1n) is 2.47. The lowest BCUT2D eigenvalue weighted by atomic mass is 10.6. The summed E-state index contributed by atoms with van der Waals surface area (Å²) < 4.78 is 0.656. The van der Waals surface area contributed by atoms with Crippen molar-refractivity contribution in [3.63, 3.8) is 0 Å². The second-order valence-electron chi connectivity index (χ2n) is 1.56. The summed E-state index contributed by atoms with van der Waals surface area (Å²) in [5.74, 6) is 0.806. The molecule has 0 N–H and O–H groups in total. The van der Waals surface area contributed by atoms with Crippen LogP contribution in [0.3, 0.4) is 0 Å². The van der Waals surface area contributed by atoms with Gasteiger partial charge in [0.25, 0.3) is 0 Å². The molecule has 0 saturated heterocycles. The lowest BCUT2D eigenvalue weighted by molar-refractivity contribution is 1.01. The van der Waals surface area contributed by atoms with Crippen molar-refractivity contribution in [2.75, 3.05) is 0 Å². The number of rotatable bonds is 1. The van der Waals surface area contributed by atoms with Gasteiger partial charge in [-0.2, -0.15) is 0 Å². The number of alkyl halides is 1. The summed E-state index contributed by atoms with van der Waals surface area (Å²) in [7, 11) is 0. The van der Waals surface area contributed by atoms with Crippen LogP contribution in [0.1, 0.15) is 5.82 Å². The fourth-order valence-electron chi connectivity index (χ4n) is 0.494. The van der Waals surface area contributed by atoms with Gasteiger partial charge in [-0.05, 0) is 15.9 Å². The standard InChI is InChI=1S/C5H3BrCl2N2/c6-3-1-4(8)10-5(2-7)9-3/h1H,2H2. The normalized spacial score (nSPS) is 9.90. The van der Waals surface area contributed by atoms with Gasteiger partial charge in [0.05, 0.1) is 5.88 Å². The molecule has 0 bridgehead atoms. The van der Waals surface area contributed by atoms with Crippen LogP contribution in [-0.4, -0.2) is 9.97 Å². The smallest absolute Gasteiger partial charge is 0.146 e. The molecule has 0 spiro atoms. The van der Waals surface area contributed by atoms with Crippen molar-refractivity contribution in [3.05, 3.63) is 21.6 Å². The highest BCUT2D eigenvalue weighted by Crippen LogP contribution is 2.12. The highest BCUT2D eigenvalue weighted by Gasteiger charge is 1.98. The average Bonchev–Trinajstić information content (AvgIpc) is 1.85. The topological polar surface area (TPSA) is 25.8 Å². The van der Waals surface area contributed by atoms with E-state index in [-0.39, 0.29) is 5.88 Å². The number of halogens is 3. The maximum Gasteiger partial charge on any atom is 0.146 e. The molecule has 0 saturated carbocycles. The predicted molar refractivity (Wildman–Crippen MR) is 44.3 cm³/mol. The minimum absolute atomic E-state index is 0.277. The van der Waals surface area contributed by atoms with E-state index in [4.69, 9.17) is 23.2 Å². The van der Waals surface area contributed by atoms with E-state index in [0.29, 0.717) is 15.6 Å². The zero-order valence-corrected chi connectivity index (χ0v) is 7.91. The minimum Gasteiger partial charge on any atom is -0.225 e. The Labute approximate surface area is 76.7 Å². The van der Waals surface area contributed by atoms with Crippen LogP contribution in [-0.2, 0) is 5.88 Å². The number of aromatic nitrogens is 2. The Kier molecular flexibility index (Phi) is 2.89. The van der Waals surface area contributed by atoms with Crippen LogP contribution in [0, 0.1) is 0 Å². The van der Waals surface area contributed by atoms with Crippen molar-refractivity contribution in [2.45, 2.75) is 5.88 Å². The lowest BCUT2D eigenvalue weighted by Crippen LogP contribution is -1.90. The van der Waals surface area contributed by atoms with Gasteiger partial charge in [-0.1, -0.05) is 11.6 Å². The molecule has 54 valence electrons. The van der Waals surface area contributed by atoms with Crippen molar-refractivity contribution < 1.29 is 0 Å². The summed E-state index contributed by atoms with van der Waals surface area (Å²) in [5.41, 5.74) is 0. The highest BCUT2D eigenvalue weighted by atomic mass is 79.9. The first-order chi connectivity index (χ1) is 4.72. The molecular formula is C5H3BrCl2N2. The fraction of sp³-hybridized carbons (Fsp3) is 0.200. The Morgan fingerprint density at radius 3 is 2.70 bits per heavy atom. The van der Waals surface area contributed by atoms with Crippen LogP contribution in [0.15, 0.2) is 10.7 Å². The average molecular weight is 242 g/mol. The van der Waals surface area contributed by atoms with E-state index in [9.17, 15) is 0 Å². The monoisotopic (exact) mass is 240 g/mol. The third-order valence-corrected chi connectivity index (χ3v) is 1.67. The van der Waals surface area contributed by atoms with Crippen molar-refractivity contribution in [3.8, 4) is 0 Å². The van der Waals surface area contributed by atoms with E-state index < -0.39 is 0 Å². The van der Waals surface area contributed by atoms with Gasteiger partial charge < -0.3 is 0 Å². The first-order valence-corrected chi connectivity index (χ1v) is 4.18. The molecule has 0 aliphatic heterocycles. The van der Waals surface area contributed by atoms with Crippen molar-refractivity contribution in [1.29, 1.82) is 0 Å². The van der Waals surface area contributed by atoms with Gasteiger partial charge in [0.15, 0.2) is 0 Å². The third-order valence-electron chi connectivity index (χ3n) is 0.829. The van der Waals surface area contributed by atoms with Gasteiger partial charge in [0, 0.05) is 6.07 Å². The molecule has 2 nitrogen and oxygen atoms in total. The Morgan fingerprint density at radius 1 is 1.50 bits per heavy atom. The molecule has 10 heavy (non-hydrogen) atoms. The van der Waals surface area contributed by atoms with Crippen LogP contribution in [0.4, 0.5) is 0 Å². The zero-order chi connectivity index (χ0) is 7.56. The fourth-order valence-corrected chi connectivity index (χ4v) is 1.37. The van der Waals surface area contributed by atoms with Crippen LogP contribution in [0.5, 0.6) is 0 Å². The van der Waals surface area contributed by atoms with Gasteiger partial charge in [0.2, 0.25) is 0 Å². The van der Waals surface area contributed by atoms with E-state index in [0.717, 1.165) is 0 Å². The lowest BCUT2D eigenvalue weighted by Gasteiger charge is -1.94. The second-order valence-corrected chi connectivity index (χ2v) is 3.03. The quantitative estimate of drug-likeness (QED) is 0.558. The predicted octanol–water partition coefficient (Wildman–Crippen LogP) is 2.63. The molecule has 0 unspecified atom stereocenters. The summed E-state index contributed by atoms with van der Waals surface area (Å²) in [6.07, 6.45) is 0. The molecule has 5 heteroatoms. The Balaban J connectivity index is 3.06. The van der Waals surface area contributed by atoms with Crippen molar-refractivity contribution in [1.82, 2.24) is 9.97 Å². The highest BCUT2D eigenvalue weighted by molar-refractivity contribution is 9.10. The van der Waals surface area contributed by atoms with E-state index in [1.54, 1.807) is 6.07 Å². The van der Waals surface area contributed by atoms with Gasteiger partial charge in [-0.3, -0.25) is 0 Å². The zero-order valence-electron chi connectivity index (χ0n) is 4.81. The van der Waals surface area contributed by atoms with Gasteiger partial charge in [-0.15, -0.1) is 11.6 Å². The molecule has 0 fully saturated rings. The van der Waals surface area contributed by atoms with E-state index in [1.165, 1.54) is 0 Å². The summed E-state index contributed by atoms with van der Waals surface area (Å²) in [5, 5.41) is 0.400. The minimum atomic E-state index is 0.277. The van der Waals surface area contributed by atoms with Crippen LogP contribution >= 0.6 is 39.1 Å². The van der Waals surface area contributed by atoms with Crippen molar-refractivity contribution in [2.24, 2.45) is 0 Å². The van der Waals surface area contributed by atoms with Gasteiger partial charge in [0.1, 0.15) is 15.6 Å². The van der Waals surface area contributed by atoms with Crippen molar-refractivity contribution >= 4 is 39.1 Å². The van der Waals surface area contributed by atoms with E-state index >= 15 is 0 Å². The Morgan fingerprint density at radius 2 is 2.20 bits per heavy atom. The summed E-state index contributed by atoms with van der Waals surface area (Å²) in [6, 6.07) is 1.61. The van der Waals surface area contributed by atoms with Crippen LogP contribution in [0.2, 0.25) is 5.15 Å². The molecule has 0 atom stereocenters. The SMILES string of the molecule is ClCc1nc(Cl)cc(Br)n1. The maximum absolute atomic E-state index is 5.59. The van der Waals surface area contributed by atoms with Gasteiger partial charge >= 0.3 is 0 Å². The first kappa shape index (κ1) is 8.24. The molecular weight excluding hydrogens is 239 g/mol. The van der Waals surface area contributed by atoms with Gasteiger partial charge in [-0.25, -0.2) is 9.97 Å². The molecule has 1 aromatic rings. The summed E-state index contributed by atoms with van der Waals surface area (Å²) >= 11 is 14.2. The Bertz CT molecular complexity index is 221. The molecule has 0 aromatic carbocycles. The second kappa shape index (κ2) is 3.51. The number of hydrogen-bond donors (Lipinski definition) is 0. The van der Waals surface area contributed by atoms with E-state index in [2.05, 4.69) is 25.9 Å². The molecule has 0 aliphatic rings. The largest absolute Gasteiger partial charge is 0.225 e. The Hall–Kier alpha value is 0.140. The summed E-state index contributed by atoms with van der Waals surface area (Å²) in [4.78, 5) is 7.79. The molecule has 1 aromatic heterocycles.